The predicted molar refractivity (Wildman–Crippen MR) is 62.1 cm³/mol. The molecule has 0 spiro atoms. The van der Waals surface area contributed by atoms with Gasteiger partial charge in [-0.05, 0) is 19.3 Å². The Morgan fingerprint density at radius 1 is 1.41 bits per heavy atom. The van der Waals surface area contributed by atoms with Crippen molar-refractivity contribution in [2.75, 3.05) is 24.7 Å². The molecule has 1 unspecified atom stereocenters. The number of hydrogen-bond acceptors (Lipinski definition) is 5. The van der Waals surface area contributed by atoms with Crippen molar-refractivity contribution in [3.8, 4) is 0 Å². The van der Waals surface area contributed by atoms with Crippen molar-refractivity contribution in [1.82, 2.24) is 5.32 Å². The van der Waals surface area contributed by atoms with Gasteiger partial charge in [0.25, 0.3) is 0 Å². The van der Waals surface area contributed by atoms with E-state index in [4.69, 9.17) is 10.2 Å². The second kappa shape index (κ2) is 5.32. The van der Waals surface area contributed by atoms with Crippen LogP contribution >= 0.6 is 0 Å². The molecule has 1 aliphatic heterocycles. The third-order valence-corrected chi connectivity index (χ3v) is 4.78. The molecule has 6 nitrogen and oxygen atoms in total. The van der Waals surface area contributed by atoms with E-state index in [1.165, 1.54) is 6.92 Å². The molecule has 0 aliphatic carbocycles. The predicted octanol–water partition coefficient (Wildman–Crippen LogP) is -1.33. The SMILES string of the molecule is CC(CO)(CO)NC(=O)CC1CCS(=O)(=O)C1. The number of hydrogen-bond donors (Lipinski definition) is 3. The summed E-state index contributed by atoms with van der Waals surface area (Å²) >= 11 is 0. The lowest BCUT2D eigenvalue weighted by atomic mass is 10.0. The second-order valence-corrected chi connectivity index (χ2v) is 7.13. The summed E-state index contributed by atoms with van der Waals surface area (Å²) in [5.74, 6) is -0.295. The van der Waals surface area contributed by atoms with Crippen LogP contribution in [-0.4, -0.2) is 54.8 Å². The van der Waals surface area contributed by atoms with Crippen molar-refractivity contribution >= 4 is 15.7 Å². The van der Waals surface area contributed by atoms with E-state index in [2.05, 4.69) is 5.32 Å². The summed E-state index contributed by atoms with van der Waals surface area (Å²) in [5.41, 5.74) is -1.05. The minimum atomic E-state index is -2.97. The molecular weight excluding hydrogens is 246 g/mol. The van der Waals surface area contributed by atoms with Gasteiger partial charge in [-0.25, -0.2) is 8.42 Å². The van der Waals surface area contributed by atoms with Gasteiger partial charge in [0, 0.05) is 6.42 Å². The summed E-state index contributed by atoms with van der Waals surface area (Å²) in [6.45, 7) is 0.798. The molecule has 1 rings (SSSR count). The molecule has 1 aliphatic rings. The van der Waals surface area contributed by atoms with Crippen molar-refractivity contribution in [3.63, 3.8) is 0 Å². The van der Waals surface area contributed by atoms with E-state index >= 15 is 0 Å². The fourth-order valence-electron chi connectivity index (χ4n) is 1.81. The van der Waals surface area contributed by atoms with E-state index in [-0.39, 0.29) is 43.0 Å². The lowest BCUT2D eigenvalue weighted by Gasteiger charge is -2.26. The Morgan fingerprint density at radius 2 is 2.00 bits per heavy atom. The molecule has 0 aromatic carbocycles. The number of aliphatic hydroxyl groups is 2. The van der Waals surface area contributed by atoms with Gasteiger partial charge in [0.05, 0.1) is 30.3 Å². The van der Waals surface area contributed by atoms with Gasteiger partial charge in [0.1, 0.15) is 0 Å². The zero-order chi connectivity index (χ0) is 13.1. The number of carbonyl (C=O) groups is 1. The molecule has 1 saturated heterocycles. The smallest absolute Gasteiger partial charge is 0.220 e. The Hall–Kier alpha value is -0.660. The molecule has 0 saturated carbocycles. The lowest BCUT2D eigenvalue weighted by Crippen LogP contribution is -2.52. The average Bonchev–Trinajstić information content (AvgIpc) is 2.57. The number of sulfone groups is 1. The molecular formula is C10H19NO5S. The lowest BCUT2D eigenvalue weighted by molar-refractivity contribution is -0.124. The monoisotopic (exact) mass is 265 g/mol. The van der Waals surface area contributed by atoms with Gasteiger partial charge in [-0.2, -0.15) is 0 Å². The first-order chi connectivity index (χ1) is 7.80. The highest BCUT2D eigenvalue weighted by molar-refractivity contribution is 7.91. The van der Waals surface area contributed by atoms with Crippen molar-refractivity contribution in [2.45, 2.75) is 25.3 Å². The highest BCUT2D eigenvalue weighted by Crippen LogP contribution is 2.21. The highest BCUT2D eigenvalue weighted by atomic mass is 32.2. The van der Waals surface area contributed by atoms with E-state index in [1.807, 2.05) is 0 Å². The van der Waals surface area contributed by atoms with Crippen LogP contribution in [0.25, 0.3) is 0 Å². The summed E-state index contributed by atoms with van der Waals surface area (Å²) < 4.78 is 22.4. The Kier molecular flexibility index (Phi) is 4.51. The Bertz CT molecular complexity index is 374. The van der Waals surface area contributed by atoms with Crippen LogP contribution in [0.4, 0.5) is 0 Å². The van der Waals surface area contributed by atoms with Crippen LogP contribution in [0.15, 0.2) is 0 Å². The summed E-state index contributed by atoms with van der Waals surface area (Å²) in [7, 11) is -2.97. The Balaban J connectivity index is 2.46. The Morgan fingerprint density at radius 3 is 2.41 bits per heavy atom. The van der Waals surface area contributed by atoms with Gasteiger partial charge in [-0.1, -0.05) is 0 Å². The number of nitrogens with one attached hydrogen (secondary N) is 1. The first-order valence-corrected chi connectivity index (χ1v) is 7.35. The quantitative estimate of drug-likeness (QED) is 0.571. The third kappa shape index (κ3) is 4.25. The summed E-state index contributed by atoms with van der Waals surface area (Å²) in [6, 6.07) is 0. The van der Waals surface area contributed by atoms with Crippen molar-refractivity contribution in [2.24, 2.45) is 5.92 Å². The standard InChI is InChI=1S/C10H19NO5S/c1-10(6-12,7-13)11-9(14)4-8-2-3-17(15,16)5-8/h8,12-13H,2-7H2,1H3,(H,11,14). The van der Waals surface area contributed by atoms with Crippen LogP contribution in [0, 0.1) is 5.92 Å². The number of amides is 1. The highest BCUT2D eigenvalue weighted by Gasteiger charge is 2.31. The molecule has 0 aromatic rings. The van der Waals surface area contributed by atoms with E-state index < -0.39 is 15.4 Å². The zero-order valence-corrected chi connectivity index (χ0v) is 10.7. The molecule has 1 fully saturated rings. The van der Waals surface area contributed by atoms with Gasteiger partial charge in [-0.15, -0.1) is 0 Å². The van der Waals surface area contributed by atoms with E-state index in [1.54, 1.807) is 0 Å². The van der Waals surface area contributed by atoms with Crippen LogP contribution in [0.5, 0.6) is 0 Å². The number of carbonyl (C=O) groups excluding carboxylic acids is 1. The second-order valence-electron chi connectivity index (χ2n) is 4.90. The fourth-order valence-corrected chi connectivity index (χ4v) is 3.67. The summed E-state index contributed by atoms with van der Waals surface area (Å²) in [6.07, 6.45) is 0.625. The van der Waals surface area contributed by atoms with Crippen LogP contribution in [0.2, 0.25) is 0 Å². The molecule has 1 heterocycles. The first kappa shape index (κ1) is 14.4. The first-order valence-electron chi connectivity index (χ1n) is 5.53. The topological polar surface area (TPSA) is 104 Å². The van der Waals surface area contributed by atoms with Gasteiger partial charge in [0.2, 0.25) is 5.91 Å². The molecule has 17 heavy (non-hydrogen) atoms. The van der Waals surface area contributed by atoms with Crippen molar-refractivity contribution in [1.29, 1.82) is 0 Å². The van der Waals surface area contributed by atoms with Crippen molar-refractivity contribution in [3.05, 3.63) is 0 Å². The molecule has 0 bridgehead atoms. The van der Waals surface area contributed by atoms with Gasteiger partial charge >= 0.3 is 0 Å². The molecule has 0 radical (unpaired) electrons. The van der Waals surface area contributed by atoms with Gasteiger partial charge in [0.15, 0.2) is 9.84 Å². The van der Waals surface area contributed by atoms with Gasteiger partial charge < -0.3 is 15.5 Å². The summed E-state index contributed by atoms with van der Waals surface area (Å²) in [4.78, 5) is 11.6. The van der Waals surface area contributed by atoms with Crippen LogP contribution in [0.3, 0.4) is 0 Å². The maximum absolute atomic E-state index is 11.6. The van der Waals surface area contributed by atoms with E-state index in [0.29, 0.717) is 6.42 Å². The molecule has 100 valence electrons. The minimum Gasteiger partial charge on any atom is -0.394 e. The maximum atomic E-state index is 11.6. The molecule has 7 heteroatoms. The van der Waals surface area contributed by atoms with Gasteiger partial charge in [-0.3, -0.25) is 4.79 Å². The number of rotatable bonds is 5. The third-order valence-electron chi connectivity index (χ3n) is 2.94. The van der Waals surface area contributed by atoms with Crippen LogP contribution < -0.4 is 5.32 Å². The maximum Gasteiger partial charge on any atom is 0.220 e. The van der Waals surface area contributed by atoms with Crippen LogP contribution in [0.1, 0.15) is 19.8 Å². The fraction of sp³-hybridized carbons (Fsp3) is 0.900. The molecule has 1 amide bonds. The van der Waals surface area contributed by atoms with E-state index in [9.17, 15) is 13.2 Å². The molecule has 3 N–H and O–H groups in total. The molecule has 0 aromatic heterocycles. The average molecular weight is 265 g/mol. The zero-order valence-electron chi connectivity index (χ0n) is 9.85. The normalized spacial score (nSPS) is 23.6. The Labute approximate surface area is 101 Å². The largest absolute Gasteiger partial charge is 0.394 e. The van der Waals surface area contributed by atoms with E-state index in [0.717, 1.165) is 0 Å². The minimum absolute atomic E-state index is 0.0510. The summed E-state index contributed by atoms with van der Waals surface area (Å²) in [5, 5.41) is 20.5. The van der Waals surface area contributed by atoms with Crippen LogP contribution in [-0.2, 0) is 14.6 Å². The molecule has 1 atom stereocenters. The van der Waals surface area contributed by atoms with Crippen molar-refractivity contribution < 1.29 is 23.4 Å². The number of aliphatic hydroxyl groups excluding tert-OH is 2.